The summed E-state index contributed by atoms with van der Waals surface area (Å²) in [6.45, 7) is 5.73. The third-order valence-electron chi connectivity index (χ3n) is 2.20. The van der Waals surface area contributed by atoms with Crippen molar-refractivity contribution in [2.75, 3.05) is 13.7 Å². The van der Waals surface area contributed by atoms with Crippen LogP contribution in [0.3, 0.4) is 0 Å². The maximum atomic E-state index is 5.73. The number of nitrogens with zero attached hydrogens (tertiary/aromatic N) is 1. The molecule has 1 N–H and O–H groups in total. The molecule has 0 atom stereocenters. The van der Waals surface area contributed by atoms with Crippen LogP contribution >= 0.6 is 0 Å². The average Bonchev–Trinajstić information content (AvgIpc) is 2.22. The zero-order valence-electron chi connectivity index (χ0n) is 9.84. The Labute approximate surface area is 91.9 Å². The van der Waals surface area contributed by atoms with Gasteiger partial charge in [-0.3, -0.25) is 4.98 Å². The SMILES string of the molecule is CCCCOc1cc(C)ncc1CNC. The summed E-state index contributed by atoms with van der Waals surface area (Å²) in [4.78, 5) is 4.27. The first-order chi connectivity index (χ1) is 7.27. The van der Waals surface area contributed by atoms with Crippen molar-refractivity contribution in [2.45, 2.75) is 33.2 Å². The van der Waals surface area contributed by atoms with Crippen molar-refractivity contribution in [1.29, 1.82) is 0 Å². The topological polar surface area (TPSA) is 34.1 Å². The van der Waals surface area contributed by atoms with Crippen molar-refractivity contribution < 1.29 is 4.74 Å². The van der Waals surface area contributed by atoms with Crippen molar-refractivity contribution in [2.24, 2.45) is 0 Å². The first-order valence-electron chi connectivity index (χ1n) is 5.50. The fraction of sp³-hybridized carbons (Fsp3) is 0.583. The Hall–Kier alpha value is -1.09. The van der Waals surface area contributed by atoms with Crippen molar-refractivity contribution in [3.8, 4) is 5.75 Å². The Bertz CT molecular complexity index is 300. The molecule has 3 nitrogen and oxygen atoms in total. The first-order valence-corrected chi connectivity index (χ1v) is 5.50. The quantitative estimate of drug-likeness (QED) is 0.728. The highest BCUT2D eigenvalue weighted by atomic mass is 16.5. The zero-order chi connectivity index (χ0) is 11.1. The van der Waals surface area contributed by atoms with Gasteiger partial charge < -0.3 is 10.1 Å². The lowest BCUT2D eigenvalue weighted by molar-refractivity contribution is 0.305. The minimum atomic E-state index is 0.788. The molecule has 0 aliphatic heterocycles. The fourth-order valence-electron chi connectivity index (χ4n) is 1.35. The summed E-state index contributed by atoms with van der Waals surface area (Å²) >= 11 is 0. The van der Waals surface area contributed by atoms with Crippen LogP contribution < -0.4 is 10.1 Å². The second kappa shape index (κ2) is 6.40. The van der Waals surface area contributed by atoms with Crippen molar-refractivity contribution in [3.63, 3.8) is 0 Å². The molecule has 1 aromatic heterocycles. The lowest BCUT2D eigenvalue weighted by Gasteiger charge is -2.11. The van der Waals surface area contributed by atoms with Gasteiger partial charge in [0.25, 0.3) is 0 Å². The van der Waals surface area contributed by atoms with Gasteiger partial charge in [0.05, 0.1) is 6.61 Å². The number of pyridine rings is 1. The Morgan fingerprint density at radius 3 is 2.93 bits per heavy atom. The molecule has 84 valence electrons. The molecule has 0 fully saturated rings. The van der Waals surface area contributed by atoms with Gasteiger partial charge in [0.2, 0.25) is 0 Å². The van der Waals surface area contributed by atoms with E-state index >= 15 is 0 Å². The summed E-state index contributed by atoms with van der Waals surface area (Å²) in [5.74, 6) is 0.963. The van der Waals surface area contributed by atoms with Crippen molar-refractivity contribution in [3.05, 3.63) is 23.5 Å². The van der Waals surface area contributed by atoms with Crippen LogP contribution in [0, 0.1) is 6.92 Å². The molecule has 15 heavy (non-hydrogen) atoms. The maximum absolute atomic E-state index is 5.73. The van der Waals surface area contributed by atoms with E-state index in [9.17, 15) is 0 Å². The second-order valence-corrected chi connectivity index (χ2v) is 3.67. The zero-order valence-corrected chi connectivity index (χ0v) is 9.84. The highest BCUT2D eigenvalue weighted by Gasteiger charge is 2.03. The molecule has 0 radical (unpaired) electrons. The number of aryl methyl sites for hydroxylation is 1. The summed E-state index contributed by atoms with van der Waals surface area (Å²) in [7, 11) is 1.93. The summed E-state index contributed by atoms with van der Waals surface area (Å²) in [5.41, 5.74) is 2.13. The minimum absolute atomic E-state index is 0.788. The molecule has 0 saturated heterocycles. The van der Waals surface area contributed by atoms with Crippen LogP contribution in [0.4, 0.5) is 0 Å². The van der Waals surface area contributed by atoms with Crippen molar-refractivity contribution in [1.82, 2.24) is 10.3 Å². The molecular weight excluding hydrogens is 188 g/mol. The Morgan fingerprint density at radius 1 is 1.47 bits per heavy atom. The summed E-state index contributed by atoms with van der Waals surface area (Å²) in [6, 6.07) is 2.00. The Kier molecular flexibility index (Phi) is 5.12. The van der Waals surface area contributed by atoms with Gasteiger partial charge in [-0.05, 0) is 20.4 Å². The summed E-state index contributed by atoms with van der Waals surface area (Å²) < 4.78 is 5.73. The molecule has 0 unspecified atom stereocenters. The van der Waals surface area contributed by atoms with Gasteiger partial charge >= 0.3 is 0 Å². The fourth-order valence-corrected chi connectivity index (χ4v) is 1.35. The number of aromatic nitrogens is 1. The summed E-state index contributed by atoms with van der Waals surface area (Å²) in [6.07, 6.45) is 4.14. The average molecular weight is 208 g/mol. The van der Waals surface area contributed by atoms with E-state index in [2.05, 4.69) is 17.2 Å². The van der Waals surface area contributed by atoms with E-state index in [-0.39, 0.29) is 0 Å². The molecule has 1 heterocycles. The molecule has 1 rings (SSSR count). The van der Waals surface area contributed by atoms with E-state index in [1.54, 1.807) is 0 Å². The standard InChI is InChI=1S/C12H20N2O/c1-4-5-6-15-12-7-10(2)14-9-11(12)8-13-3/h7,9,13H,4-6,8H2,1-3H3. The highest BCUT2D eigenvalue weighted by molar-refractivity contribution is 5.32. The lowest BCUT2D eigenvalue weighted by Crippen LogP contribution is -2.09. The molecule has 0 aliphatic carbocycles. The largest absolute Gasteiger partial charge is 0.493 e. The predicted octanol–water partition coefficient (Wildman–Crippen LogP) is 2.29. The Morgan fingerprint density at radius 2 is 2.27 bits per heavy atom. The predicted molar refractivity (Wildman–Crippen MR) is 62.1 cm³/mol. The van der Waals surface area contributed by atoms with Crippen LogP contribution in [-0.2, 0) is 6.54 Å². The van der Waals surface area contributed by atoms with Gasteiger partial charge in [-0.2, -0.15) is 0 Å². The first kappa shape index (κ1) is 12.0. The van der Waals surface area contributed by atoms with Gasteiger partial charge in [0.15, 0.2) is 0 Å². The maximum Gasteiger partial charge on any atom is 0.127 e. The van der Waals surface area contributed by atoms with Crippen LogP contribution in [0.15, 0.2) is 12.3 Å². The van der Waals surface area contributed by atoms with Gasteiger partial charge in [-0.15, -0.1) is 0 Å². The van der Waals surface area contributed by atoms with E-state index in [4.69, 9.17) is 4.74 Å². The number of rotatable bonds is 6. The third kappa shape index (κ3) is 3.88. The number of hydrogen-bond donors (Lipinski definition) is 1. The van der Waals surface area contributed by atoms with E-state index in [0.717, 1.165) is 43.0 Å². The van der Waals surface area contributed by atoms with Gasteiger partial charge in [0, 0.05) is 30.1 Å². The highest BCUT2D eigenvalue weighted by Crippen LogP contribution is 2.18. The van der Waals surface area contributed by atoms with Crippen LogP contribution in [-0.4, -0.2) is 18.6 Å². The normalized spacial score (nSPS) is 10.3. The number of ether oxygens (including phenoxy) is 1. The minimum Gasteiger partial charge on any atom is -0.493 e. The monoisotopic (exact) mass is 208 g/mol. The van der Waals surface area contributed by atoms with E-state index in [1.165, 1.54) is 0 Å². The van der Waals surface area contributed by atoms with Gasteiger partial charge in [-0.1, -0.05) is 13.3 Å². The Balaban J connectivity index is 2.68. The molecule has 0 aliphatic rings. The van der Waals surface area contributed by atoms with Gasteiger partial charge in [-0.25, -0.2) is 0 Å². The van der Waals surface area contributed by atoms with E-state index in [1.807, 2.05) is 26.2 Å². The van der Waals surface area contributed by atoms with Crippen LogP contribution in [0.1, 0.15) is 31.0 Å². The molecule has 0 spiro atoms. The van der Waals surface area contributed by atoms with Gasteiger partial charge in [0.1, 0.15) is 5.75 Å². The van der Waals surface area contributed by atoms with E-state index < -0.39 is 0 Å². The molecule has 0 bridgehead atoms. The number of nitrogens with one attached hydrogen (secondary N) is 1. The van der Waals surface area contributed by atoms with Crippen molar-refractivity contribution >= 4 is 0 Å². The second-order valence-electron chi connectivity index (χ2n) is 3.67. The molecular formula is C12H20N2O. The summed E-state index contributed by atoms with van der Waals surface area (Å²) in [5, 5.41) is 3.11. The third-order valence-corrected chi connectivity index (χ3v) is 2.20. The van der Waals surface area contributed by atoms with Crippen LogP contribution in [0.5, 0.6) is 5.75 Å². The molecule has 1 aromatic rings. The molecule has 0 amide bonds. The van der Waals surface area contributed by atoms with Crippen LogP contribution in [0.25, 0.3) is 0 Å². The molecule has 0 saturated carbocycles. The van der Waals surface area contributed by atoms with E-state index in [0.29, 0.717) is 0 Å². The smallest absolute Gasteiger partial charge is 0.127 e. The number of unbranched alkanes of at least 4 members (excludes halogenated alkanes) is 1. The number of hydrogen-bond acceptors (Lipinski definition) is 3. The van der Waals surface area contributed by atoms with Crippen LogP contribution in [0.2, 0.25) is 0 Å². The molecule has 3 heteroatoms. The molecule has 0 aromatic carbocycles. The lowest BCUT2D eigenvalue weighted by atomic mass is 10.2.